The molecule has 0 bridgehead atoms. The van der Waals surface area contributed by atoms with E-state index in [0.29, 0.717) is 36.9 Å². The Hall–Kier alpha value is -3.42. The average molecular weight is 380 g/mol. The average Bonchev–Trinajstić information content (AvgIpc) is 3.15. The predicted molar refractivity (Wildman–Crippen MR) is 102 cm³/mol. The van der Waals surface area contributed by atoms with Gasteiger partial charge in [0.2, 0.25) is 5.91 Å². The van der Waals surface area contributed by atoms with Crippen molar-refractivity contribution in [1.29, 1.82) is 0 Å². The zero-order valence-corrected chi connectivity index (χ0v) is 15.2. The van der Waals surface area contributed by atoms with E-state index in [1.54, 1.807) is 46.1 Å². The lowest BCUT2D eigenvalue weighted by atomic mass is 9.95. The summed E-state index contributed by atoms with van der Waals surface area (Å²) >= 11 is 0. The standard InChI is InChI=1S/C20H20N4O4/c21-18(26)12-24-10-7-22-19(24)13-5-8-23(9-6-13)20(27)17-11-15(25)14-3-1-2-4-16(14)28-17/h1-4,7,10-11,13H,5-6,8-9,12H2,(H2,21,26). The van der Waals surface area contributed by atoms with Crippen molar-refractivity contribution in [2.24, 2.45) is 5.73 Å². The van der Waals surface area contributed by atoms with Gasteiger partial charge in [0.05, 0.1) is 5.39 Å². The van der Waals surface area contributed by atoms with Crippen LogP contribution in [0.5, 0.6) is 0 Å². The topological polar surface area (TPSA) is 111 Å². The lowest BCUT2D eigenvalue weighted by Crippen LogP contribution is -2.38. The molecule has 28 heavy (non-hydrogen) atoms. The van der Waals surface area contributed by atoms with Gasteiger partial charge in [0, 0.05) is 37.5 Å². The Morgan fingerprint density at radius 3 is 2.71 bits per heavy atom. The van der Waals surface area contributed by atoms with Gasteiger partial charge in [-0.1, -0.05) is 12.1 Å². The molecule has 8 heteroatoms. The number of piperidine rings is 1. The lowest BCUT2D eigenvalue weighted by Gasteiger charge is -2.31. The third kappa shape index (κ3) is 3.40. The van der Waals surface area contributed by atoms with Crippen LogP contribution < -0.4 is 11.2 Å². The Kier molecular flexibility index (Phi) is 4.68. The van der Waals surface area contributed by atoms with Crippen molar-refractivity contribution < 1.29 is 14.0 Å². The highest BCUT2D eigenvalue weighted by molar-refractivity contribution is 5.93. The van der Waals surface area contributed by atoms with Crippen LogP contribution in [0.3, 0.4) is 0 Å². The molecule has 1 saturated heterocycles. The van der Waals surface area contributed by atoms with Gasteiger partial charge in [0.1, 0.15) is 18.0 Å². The molecular weight excluding hydrogens is 360 g/mol. The van der Waals surface area contributed by atoms with Crippen LogP contribution in [-0.4, -0.2) is 39.4 Å². The minimum atomic E-state index is -0.418. The molecule has 0 unspecified atom stereocenters. The fourth-order valence-electron chi connectivity index (χ4n) is 3.69. The van der Waals surface area contributed by atoms with Gasteiger partial charge in [-0.3, -0.25) is 14.4 Å². The van der Waals surface area contributed by atoms with Crippen LogP contribution in [0.4, 0.5) is 0 Å². The van der Waals surface area contributed by atoms with Crippen LogP contribution in [0.1, 0.15) is 35.1 Å². The first-order chi connectivity index (χ1) is 13.5. The predicted octanol–water partition coefficient (Wildman–Crippen LogP) is 1.49. The van der Waals surface area contributed by atoms with Gasteiger partial charge in [-0.2, -0.15) is 0 Å². The first-order valence-corrected chi connectivity index (χ1v) is 9.14. The SMILES string of the molecule is NC(=O)Cn1ccnc1C1CCN(C(=O)c2cc(=O)c3ccccc3o2)CC1. The summed E-state index contributed by atoms with van der Waals surface area (Å²) in [6, 6.07) is 8.14. The number of imidazole rings is 1. The first kappa shape index (κ1) is 18.0. The normalized spacial score (nSPS) is 15.1. The third-order valence-corrected chi connectivity index (χ3v) is 5.07. The second kappa shape index (κ2) is 7.30. The number of amides is 2. The summed E-state index contributed by atoms with van der Waals surface area (Å²) in [5, 5.41) is 0.457. The van der Waals surface area contributed by atoms with Gasteiger partial charge in [0.25, 0.3) is 5.91 Å². The fourth-order valence-corrected chi connectivity index (χ4v) is 3.69. The number of carbonyl (C=O) groups excluding carboxylic acids is 2. The molecule has 2 amide bonds. The van der Waals surface area contributed by atoms with Crippen LogP contribution >= 0.6 is 0 Å². The molecule has 3 aromatic rings. The highest BCUT2D eigenvalue weighted by atomic mass is 16.3. The maximum atomic E-state index is 12.8. The van der Waals surface area contributed by atoms with E-state index in [9.17, 15) is 14.4 Å². The first-order valence-electron chi connectivity index (χ1n) is 9.14. The Balaban J connectivity index is 1.48. The van der Waals surface area contributed by atoms with Crippen LogP contribution in [0, 0.1) is 0 Å². The van der Waals surface area contributed by atoms with Gasteiger partial charge in [-0.05, 0) is 25.0 Å². The summed E-state index contributed by atoms with van der Waals surface area (Å²) in [5.74, 6) is 0.294. The number of nitrogens with zero attached hydrogens (tertiary/aromatic N) is 3. The van der Waals surface area contributed by atoms with Crippen LogP contribution in [0.15, 0.2) is 51.9 Å². The maximum Gasteiger partial charge on any atom is 0.289 e. The number of fused-ring (bicyclic) bond motifs is 1. The lowest BCUT2D eigenvalue weighted by molar-refractivity contribution is -0.118. The van der Waals surface area contributed by atoms with Crippen molar-refractivity contribution in [2.75, 3.05) is 13.1 Å². The number of hydrogen-bond acceptors (Lipinski definition) is 5. The number of aromatic nitrogens is 2. The molecule has 0 spiro atoms. The molecule has 144 valence electrons. The van der Waals surface area contributed by atoms with Gasteiger partial charge < -0.3 is 19.6 Å². The van der Waals surface area contributed by atoms with Crippen molar-refractivity contribution in [3.05, 3.63) is 64.5 Å². The molecule has 2 N–H and O–H groups in total. The summed E-state index contributed by atoms with van der Waals surface area (Å²) in [7, 11) is 0. The maximum absolute atomic E-state index is 12.8. The molecule has 3 heterocycles. The van der Waals surface area contributed by atoms with Crippen LogP contribution in [0.25, 0.3) is 11.0 Å². The van der Waals surface area contributed by atoms with Gasteiger partial charge in [-0.25, -0.2) is 4.98 Å². The second-order valence-electron chi connectivity index (χ2n) is 6.92. The van der Waals surface area contributed by atoms with Crippen LogP contribution in [-0.2, 0) is 11.3 Å². The minimum Gasteiger partial charge on any atom is -0.451 e. The molecular formula is C20H20N4O4. The fraction of sp³-hybridized carbons (Fsp3) is 0.300. The van der Waals surface area contributed by atoms with Crippen molar-refractivity contribution in [3.8, 4) is 0 Å². The quantitative estimate of drug-likeness (QED) is 0.737. The van der Waals surface area contributed by atoms with Crippen molar-refractivity contribution in [1.82, 2.24) is 14.5 Å². The van der Waals surface area contributed by atoms with Crippen molar-refractivity contribution in [3.63, 3.8) is 0 Å². The Morgan fingerprint density at radius 2 is 1.96 bits per heavy atom. The number of rotatable bonds is 4. The van der Waals surface area contributed by atoms with E-state index >= 15 is 0 Å². The largest absolute Gasteiger partial charge is 0.451 e. The number of para-hydroxylation sites is 1. The monoisotopic (exact) mass is 380 g/mol. The minimum absolute atomic E-state index is 0.0531. The molecule has 0 saturated carbocycles. The third-order valence-electron chi connectivity index (χ3n) is 5.07. The second-order valence-corrected chi connectivity index (χ2v) is 6.92. The van der Waals surface area contributed by atoms with Crippen molar-refractivity contribution >= 4 is 22.8 Å². The molecule has 4 rings (SSSR count). The molecule has 2 aromatic heterocycles. The summed E-state index contributed by atoms with van der Waals surface area (Å²) in [6.07, 6.45) is 4.81. The number of primary amides is 1. The molecule has 1 fully saturated rings. The number of likely N-dealkylation sites (tertiary alicyclic amines) is 1. The van der Waals surface area contributed by atoms with E-state index in [4.69, 9.17) is 10.2 Å². The zero-order valence-electron chi connectivity index (χ0n) is 15.2. The summed E-state index contributed by atoms with van der Waals surface area (Å²) in [5.41, 5.74) is 5.46. The molecule has 1 aromatic carbocycles. The molecule has 0 radical (unpaired) electrons. The van der Waals surface area contributed by atoms with E-state index in [1.807, 2.05) is 0 Å². The number of benzene rings is 1. The van der Waals surface area contributed by atoms with E-state index in [0.717, 1.165) is 5.82 Å². The van der Waals surface area contributed by atoms with E-state index in [2.05, 4.69) is 4.98 Å². The highest BCUT2D eigenvalue weighted by Crippen LogP contribution is 2.28. The van der Waals surface area contributed by atoms with Gasteiger partial charge >= 0.3 is 0 Å². The summed E-state index contributed by atoms with van der Waals surface area (Å²) < 4.78 is 7.42. The summed E-state index contributed by atoms with van der Waals surface area (Å²) in [4.78, 5) is 42.3. The van der Waals surface area contributed by atoms with Gasteiger partial charge in [-0.15, -0.1) is 0 Å². The Morgan fingerprint density at radius 1 is 1.21 bits per heavy atom. The molecule has 1 aliphatic rings. The summed E-state index contributed by atoms with van der Waals surface area (Å²) in [6.45, 7) is 1.13. The van der Waals surface area contributed by atoms with E-state index < -0.39 is 5.91 Å². The number of hydrogen-bond donors (Lipinski definition) is 1. The smallest absolute Gasteiger partial charge is 0.289 e. The Bertz CT molecular complexity index is 1090. The number of nitrogens with two attached hydrogens (primary N) is 1. The van der Waals surface area contributed by atoms with Crippen molar-refractivity contribution in [2.45, 2.75) is 25.3 Å². The highest BCUT2D eigenvalue weighted by Gasteiger charge is 2.28. The zero-order chi connectivity index (χ0) is 19.7. The molecule has 0 atom stereocenters. The van der Waals surface area contributed by atoms with E-state index in [1.165, 1.54) is 6.07 Å². The van der Waals surface area contributed by atoms with E-state index in [-0.39, 0.29) is 29.6 Å². The number of carbonyl (C=O) groups is 2. The molecule has 0 aliphatic carbocycles. The molecule has 1 aliphatic heterocycles. The molecule has 8 nitrogen and oxygen atoms in total. The van der Waals surface area contributed by atoms with Gasteiger partial charge in [0.15, 0.2) is 11.2 Å². The Labute approximate surface area is 160 Å². The van der Waals surface area contributed by atoms with Crippen LogP contribution in [0.2, 0.25) is 0 Å².